The third-order valence-electron chi connectivity index (χ3n) is 4.56. The molecule has 2 aromatic rings. The molecule has 1 aliphatic heterocycles. The lowest BCUT2D eigenvalue weighted by Gasteiger charge is -2.15. The van der Waals surface area contributed by atoms with Gasteiger partial charge in [-0.1, -0.05) is 28.4 Å². The second-order valence-corrected chi connectivity index (χ2v) is 6.97. The molecule has 2 aliphatic rings. The smallest absolute Gasteiger partial charge is 0.236 e. The van der Waals surface area contributed by atoms with Gasteiger partial charge < -0.3 is 0 Å². The van der Waals surface area contributed by atoms with Crippen molar-refractivity contribution in [3.05, 3.63) is 40.1 Å². The van der Waals surface area contributed by atoms with Crippen LogP contribution in [0.15, 0.2) is 24.4 Å². The summed E-state index contributed by atoms with van der Waals surface area (Å²) in [6.07, 6.45) is 2.34. The average molecular weight is 351 g/mol. The van der Waals surface area contributed by atoms with E-state index >= 15 is 0 Å². The summed E-state index contributed by atoms with van der Waals surface area (Å²) in [5, 5.41) is 8.91. The molecule has 1 saturated heterocycles. The van der Waals surface area contributed by atoms with Gasteiger partial charge in [-0.25, -0.2) is 4.68 Å². The van der Waals surface area contributed by atoms with E-state index in [1.165, 1.54) is 9.58 Å². The number of carbonyl (C=O) groups excluding carboxylic acids is 2. The first-order valence-corrected chi connectivity index (χ1v) is 7.88. The number of benzene rings is 1. The highest BCUT2D eigenvalue weighted by Gasteiger charge is 2.68. The number of likely N-dealkylation sites (tertiary alicyclic amines) is 1. The SMILES string of the molecule is C[C@]12C[C@H]1C(=O)N(Cc1cn(-c3ccc(Cl)c(Cl)c3)nn1)C2=O. The minimum Gasteiger partial charge on any atom is -0.276 e. The van der Waals surface area contributed by atoms with Crippen LogP contribution in [0.4, 0.5) is 0 Å². The van der Waals surface area contributed by atoms with Crippen LogP contribution < -0.4 is 0 Å². The lowest BCUT2D eigenvalue weighted by atomic mass is 10.1. The molecule has 0 radical (unpaired) electrons. The largest absolute Gasteiger partial charge is 0.276 e. The zero-order valence-corrected chi connectivity index (χ0v) is 13.7. The van der Waals surface area contributed by atoms with Crippen molar-refractivity contribution in [3.8, 4) is 5.69 Å². The summed E-state index contributed by atoms with van der Waals surface area (Å²) in [5.41, 5.74) is 0.756. The molecule has 2 atom stereocenters. The topological polar surface area (TPSA) is 68.1 Å². The molecule has 0 N–H and O–H groups in total. The first-order valence-electron chi connectivity index (χ1n) is 7.12. The molecular formula is C15H12Cl2N4O2. The van der Waals surface area contributed by atoms with Gasteiger partial charge in [0.1, 0.15) is 5.69 Å². The van der Waals surface area contributed by atoms with Gasteiger partial charge in [0.25, 0.3) is 0 Å². The van der Waals surface area contributed by atoms with Crippen molar-refractivity contribution in [3.63, 3.8) is 0 Å². The second kappa shape index (κ2) is 4.79. The van der Waals surface area contributed by atoms with Crippen LogP contribution in [0.25, 0.3) is 5.69 Å². The number of amides is 2. The zero-order chi connectivity index (χ0) is 16.4. The Morgan fingerprint density at radius 1 is 1.30 bits per heavy atom. The molecule has 118 valence electrons. The molecule has 1 aliphatic carbocycles. The quantitative estimate of drug-likeness (QED) is 0.797. The Kier molecular flexibility index (Phi) is 3.05. The first kappa shape index (κ1) is 14.7. The fourth-order valence-electron chi connectivity index (χ4n) is 2.99. The minimum atomic E-state index is -0.489. The molecule has 0 bridgehead atoms. The number of carbonyl (C=O) groups is 2. The number of imide groups is 1. The number of halogens is 2. The van der Waals surface area contributed by atoms with Crippen LogP contribution in [-0.2, 0) is 16.1 Å². The molecule has 4 rings (SSSR count). The van der Waals surface area contributed by atoms with Crippen molar-refractivity contribution in [2.24, 2.45) is 11.3 Å². The summed E-state index contributed by atoms with van der Waals surface area (Å²) in [6, 6.07) is 5.10. The summed E-state index contributed by atoms with van der Waals surface area (Å²) in [4.78, 5) is 25.7. The van der Waals surface area contributed by atoms with Crippen LogP contribution >= 0.6 is 23.2 Å². The van der Waals surface area contributed by atoms with Crippen molar-refractivity contribution >= 4 is 35.0 Å². The summed E-state index contributed by atoms with van der Waals surface area (Å²) in [6.45, 7) is 1.98. The monoisotopic (exact) mass is 350 g/mol. The fraction of sp³-hybridized carbons (Fsp3) is 0.333. The van der Waals surface area contributed by atoms with Gasteiger partial charge in [0.2, 0.25) is 11.8 Å². The molecule has 23 heavy (non-hydrogen) atoms. The van der Waals surface area contributed by atoms with Crippen molar-refractivity contribution in [2.45, 2.75) is 19.9 Å². The van der Waals surface area contributed by atoms with Crippen LogP contribution in [0, 0.1) is 11.3 Å². The summed E-state index contributed by atoms with van der Waals surface area (Å²) in [7, 11) is 0. The number of nitrogens with zero attached hydrogens (tertiary/aromatic N) is 4. The van der Waals surface area contributed by atoms with Gasteiger partial charge in [-0.3, -0.25) is 14.5 Å². The lowest BCUT2D eigenvalue weighted by Crippen LogP contribution is -2.34. The normalized spacial score (nSPS) is 25.9. The number of rotatable bonds is 3. The van der Waals surface area contributed by atoms with E-state index in [-0.39, 0.29) is 24.3 Å². The molecule has 2 heterocycles. The van der Waals surface area contributed by atoms with E-state index in [0.717, 1.165) is 0 Å². The first-order chi connectivity index (χ1) is 10.9. The van der Waals surface area contributed by atoms with Gasteiger partial charge in [-0.05, 0) is 31.5 Å². The van der Waals surface area contributed by atoms with Crippen molar-refractivity contribution in [1.29, 1.82) is 0 Å². The highest BCUT2D eigenvalue weighted by atomic mass is 35.5. The maximum Gasteiger partial charge on any atom is 0.236 e. The van der Waals surface area contributed by atoms with E-state index in [0.29, 0.717) is 27.8 Å². The highest BCUT2D eigenvalue weighted by molar-refractivity contribution is 6.42. The Balaban J connectivity index is 1.56. The molecule has 2 amide bonds. The number of hydrogen-bond acceptors (Lipinski definition) is 4. The van der Waals surface area contributed by atoms with E-state index in [1.807, 2.05) is 6.92 Å². The van der Waals surface area contributed by atoms with E-state index in [9.17, 15) is 9.59 Å². The van der Waals surface area contributed by atoms with Gasteiger partial charge in [0.15, 0.2) is 0 Å². The predicted octanol–water partition coefficient (Wildman–Crippen LogP) is 2.47. The molecule has 1 saturated carbocycles. The Morgan fingerprint density at radius 2 is 2.09 bits per heavy atom. The van der Waals surface area contributed by atoms with Gasteiger partial charge in [0.05, 0.1) is 39.8 Å². The molecular weight excluding hydrogens is 339 g/mol. The van der Waals surface area contributed by atoms with Crippen molar-refractivity contribution in [1.82, 2.24) is 19.9 Å². The third-order valence-corrected chi connectivity index (χ3v) is 5.30. The Bertz CT molecular complexity index is 850. The van der Waals surface area contributed by atoms with Crippen molar-refractivity contribution in [2.75, 3.05) is 0 Å². The molecule has 0 spiro atoms. The molecule has 1 aromatic heterocycles. The Labute approximate surface area is 142 Å². The number of hydrogen-bond donors (Lipinski definition) is 0. The van der Waals surface area contributed by atoms with E-state index in [2.05, 4.69) is 10.3 Å². The highest BCUT2D eigenvalue weighted by Crippen LogP contribution is 2.59. The van der Waals surface area contributed by atoms with Crippen LogP contribution in [0.1, 0.15) is 19.0 Å². The van der Waals surface area contributed by atoms with E-state index in [1.54, 1.807) is 24.4 Å². The molecule has 1 aromatic carbocycles. The molecule has 8 heteroatoms. The molecule has 6 nitrogen and oxygen atoms in total. The maximum absolute atomic E-state index is 12.3. The van der Waals surface area contributed by atoms with Gasteiger partial charge >= 0.3 is 0 Å². The summed E-state index contributed by atoms with van der Waals surface area (Å²) >= 11 is 11.9. The molecule has 0 unspecified atom stereocenters. The standard InChI is InChI=1S/C15H12Cl2N4O2/c1-15-5-10(15)13(22)20(14(15)23)6-8-7-21(19-18-8)9-2-3-11(16)12(17)4-9/h2-4,7,10H,5-6H2,1H3/t10-,15-/m0/s1. The van der Waals surface area contributed by atoms with Gasteiger partial charge in [0, 0.05) is 0 Å². The lowest BCUT2D eigenvalue weighted by molar-refractivity contribution is -0.143. The van der Waals surface area contributed by atoms with E-state index in [4.69, 9.17) is 23.2 Å². The number of fused-ring (bicyclic) bond motifs is 1. The van der Waals surface area contributed by atoms with Gasteiger partial charge in [-0.2, -0.15) is 0 Å². The third kappa shape index (κ3) is 2.16. The van der Waals surface area contributed by atoms with Crippen molar-refractivity contribution < 1.29 is 9.59 Å². The Hall–Kier alpha value is -1.92. The Morgan fingerprint density at radius 3 is 2.74 bits per heavy atom. The maximum atomic E-state index is 12.3. The van der Waals surface area contributed by atoms with Crippen LogP contribution in [0.5, 0.6) is 0 Å². The summed E-state index contributed by atoms with van der Waals surface area (Å²) in [5.74, 6) is -0.377. The minimum absolute atomic E-state index is 0.110. The van der Waals surface area contributed by atoms with Crippen LogP contribution in [-0.4, -0.2) is 31.7 Å². The fourth-order valence-corrected chi connectivity index (χ4v) is 3.29. The predicted molar refractivity (Wildman–Crippen MR) is 83.2 cm³/mol. The van der Waals surface area contributed by atoms with Gasteiger partial charge in [-0.15, -0.1) is 5.10 Å². The van der Waals surface area contributed by atoms with E-state index < -0.39 is 5.41 Å². The second-order valence-electron chi connectivity index (χ2n) is 6.16. The summed E-state index contributed by atoms with van der Waals surface area (Å²) < 4.78 is 1.53. The van der Waals surface area contributed by atoms with Crippen LogP contribution in [0.2, 0.25) is 10.0 Å². The van der Waals surface area contributed by atoms with Crippen LogP contribution in [0.3, 0.4) is 0 Å². The number of aromatic nitrogens is 3. The zero-order valence-electron chi connectivity index (χ0n) is 12.2. The average Bonchev–Trinajstić information content (AvgIpc) is 2.94. The molecule has 2 fully saturated rings. The number of piperidine rings is 1.